The molecule has 1 atom stereocenters. The lowest BCUT2D eigenvalue weighted by Crippen LogP contribution is -2.55. The number of sulfonamides is 1. The molecule has 24 heavy (non-hydrogen) atoms. The van der Waals surface area contributed by atoms with Gasteiger partial charge in [-0.05, 0) is 44.6 Å². The molecule has 0 amide bonds. The van der Waals surface area contributed by atoms with E-state index in [1.165, 1.54) is 19.2 Å². The number of benzene rings is 1. The predicted octanol–water partition coefficient (Wildman–Crippen LogP) is 1.00. The smallest absolute Gasteiger partial charge is 0.327 e. The third-order valence-electron chi connectivity index (χ3n) is 4.22. The molecule has 1 aromatic carbocycles. The van der Waals surface area contributed by atoms with Gasteiger partial charge in [-0.1, -0.05) is 12.1 Å². The first kappa shape index (κ1) is 18.9. The zero-order valence-corrected chi connectivity index (χ0v) is 15.0. The topological polar surface area (TPSA) is 87.1 Å². The second-order valence-corrected chi connectivity index (χ2v) is 8.19. The molecule has 1 fully saturated rings. The number of ether oxygens (including phenoxy) is 1. The van der Waals surface area contributed by atoms with Crippen LogP contribution in [0, 0.1) is 0 Å². The Morgan fingerprint density at radius 3 is 2.46 bits per heavy atom. The Labute approximate surface area is 142 Å². The van der Waals surface area contributed by atoms with E-state index < -0.39 is 21.5 Å². The molecule has 0 aliphatic carbocycles. The standard InChI is InChI=1S/C16H24N2O5S/c1-17(2)11-13-5-7-14(8-6-13)24(21,22)18-10-4-9-16(18,12-23-3)15(19)20/h5-8H,4,9-12H2,1-3H3,(H,19,20). The Balaban J connectivity index is 2.36. The molecule has 0 spiro atoms. The summed E-state index contributed by atoms with van der Waals surface area (Å²) < 4.78 is 32.0. The Hall–Kier alpha value is -1.48. The van der Waals surface area contributed by atoms with Gasteiger partial charge in [0.1, 0.15) is 0 Å². The first-order valence-electron chi connectivity index (χ1n) is 7.73. The Morgan fingerprint density at radius 2 is 1.96 bits per heavy atom. The van der Waals surface area contributed by atoms with E-state index in [9.17, 15) is 18.3 Å². The number of hydrogen-bond donors (Lipinski definition) is 1. The molecule has 1 unspecified atom stereocenters. The van der Waals surface area contributed by atoms with Crippen LogP contribution in [-0.4, -0.2) is 68.6 Å². The van der Waals surface area contributed by atoms with Crippen molar-refractivity contribution < 1.29 is 23.1 Å². The molecule has 7 nitrogen and oxygen atoms in total. The molecule has 1 saturated heterocycles. The Morgan fingerprint density at radius 1 is 1.33 bits per heavy atom. The van der Waals surface area contributed by atoms with E-state index in [2.05, 4.69) is 0 Å². The molecule has 1 heterocycles. The first-order chi connectivity index (χ1) is 11.2. The zero-order valence-electron chi connectivity index (χ0n) is 14.2. The third-order valence-corrected chi connectivity index (χ3v) is 6.20. The van der Waals surface area contributed by atoms with Crippen LogP contribution >= 0.6 is 0 Å². The summed E-state index contributed by atoms with van der Waals surface area (Å²) in [6.07, 6.45) is 0.738. The van der Waals surface area contributed by atoms with Crippen LogP contribution in [-0.2, 0) is 26.1 Å². The number of rotatable bonds is 7. The van der Waals surface area contributed by atoms with Gasteiger partial charge in [-0.2, -0.15) is 4.31 Å². The minimum atomic E-state index is -3.90. The maximum atomic E-state index is 13.0. The van der Waals surface area contributed by atoms with Gasteiger partial charge in [-0.25, -0.2) is 8.42 Å². The van der Waals surface area contributed by atoms with Crippen LogP contribution in [0.25, 0.3) is 0 Å². The largest absolute Gasteiger partial charge is 0.480 e. The fraction of sp³-hybridized carbons (Fsp3) is 0.562. The van der Waals surface area contributed by atoms with Gasteiger partial charge in [0.05, 0.1) is 11.5 Å². The van der Waals surface area contributed by atoms with Crippen molar-refractivity contribution in [2.45, 2.75) is 29.8 Å². The summed E-state index contributed by atoms with van der Waals surface area (Å²) in [5, 5.41) is 9.63. The molecular weight excluding hydrogens is 332 g/mol. The number of nitrogens with zero attached hydrogens (tertiary/aromatic N) is 2. The van der Waals surface area contributed by atoms with Crippen LogP contribution in [0.3, 0.4) is 0 Å². The molecule has 134 valence electrons. The minimum Gasteiger partial charge on any atom is -0.480 e. The maximum Gasteiger partial charge on any atom is 0.327 e. The molecule has 1 aliphatic heterocycles. The molecule has 0 radical (unpaired) electrons. The highest BCUT2D eigenvalue weighted by molar-refractivity contribution is 7.89. The van der Waals surface area contributed by atoms with Gasteiger partial charge < -0.3 is 14.7 Å². The number of carbonyl (C=O) groups is 1. The average molecular weight is 356 g/mol. The lowest BCUT2D eigenvalue weighted by Gasteiger charge is -2.33. The van der Waals surface area contributed by atoms with Crippen molar-refractivity contribution in [3.05, 3.63) is 29.8 Å². The normalized spacial score (nSPS) is 22.2. The van der Waals surface area contributed by atoms with Crippen LogP contribution in [0.1, 0.15) is 18.4 Å². The van der Waals surface area contributed by atoms with Crippen LogP contribution in [0.2, 0.25) is 0 Å². The van der Waals surface area contributed by atoms with Crippen molar-refractivity contribution in [1.82, 2.24) is 9.21 Å². The molecule has 8 heteroatoms. The number of methoxy groups -OCH3 is 1. The molecule has 0 bridgehead atoms. The highest BCUT2D eigenvalue weighted by Crippen LogP contribution is 2.35. The first-order valence-corrected chi connectivity index (χ1v) is 9.17. The van der Waals surface area contributed by atoms with Crippen molar-refractivity contribution in [3.63, 3.8) is 0 Å². The summed E-state index contributed by atoms with van der Waals surface area (Å²) in [6, 6.07) is 6.57. The van der Waals surface area contributed by atoms with Crippen molar-refractivity contribution in [3.8, 4) is 0 Å². The van der Waals surface area contributed by atoms with E-state index >= 15 is 0 Å². The number of hydrogen-bond acceptors (Lipinski definition) is 5. The molecular formula is C16H24N2O5S. The van der Waals surface area contributed by atoms with Gasteiger partial charge in [-0.15, -0.1) is 0 Å². The van der Waals surface area contributed by atoms with Gasteiger partial charge in [-0.3, -0.25) is 4.79 Å². The lowest BCUT2D eigenvalue weighted by atomic mass is 9.99. The summed E-state index contributed by atoms with van der Waals surface area (Å²) in [6.45, 7) is 0.713. The van der Waals surface area contributed by atoms with Gasteiger partial charge >= 0.3 is 5.97 Å². The number of carboxylic acid groups (broad SMARTS) is 1. The van der Waals surface area contributed by atoms with Gasteiger partial charge in [0, 0.05) is 20.2 Å². The summed E-state index contributed by atoms with van der Waals surface area (Å²) in [5.41, 5.74) is -0.544. The van der Waals surface area contributed by atoms with Gasteiger partial charge in [0.15, 0.2) is 5.54 Å². The second kappa shape index (κ2) is 7.18. The summed E-state index contributed by atoms with van der Waals surface area (Å²) in [7, 11) is 1.34. The van der Waals surface area contributed by atoms with E-state index in [1.54, 1.807) is 12.1 Å². The van der Waals surface area contributed by atoms with E-state index in [0.717, 1.165) is 9.87 Å². The van der Waals surface area contributed by atoms with Gasteiger partial charge in [0.25, 0.3) is 0 Å². The van der Waals surface area contributed by atoms with Crippen molar-refractivity contribution in [2.75, 3.05) is 34.4 Å². The highest BCUT2D eigenvalue weighted by Gasteiger charge is 2.53. The van der Waals surface area contributed by atoms with E-state index in [0.29, 0.717) is 13.0 Å². The fourth-order valence-electron chi connectivity index (χ4n) is 3.12. The monoisotopic (exact) mass is 356 g/mol. The Kier molecular flexibility index (Phi) is 5.64. The number of aliphatic carboxylic acids is 1. The quantitative estimate of drug-likeness (QED) is 0.784. The van der Waals surface area contributed by atoms with Crippen LogP contribution in [0.15, 0.2) is 29.2 Å². The Bertz CT molecular complexity index is 687. The number of carboxylic acids is 1. The van der Waals surface area contributed by atoms with E-state index in [-0.39, 0.29) is 24.5 Å². The van der Waals surface area contributed by atoms with Crippen LogP contribution < -0.4 is 0 Å². The molecule has 1 aliphatic rings. The second-order valence-electron chi connectivity index (χ2n) is 6.33. The minimum absolute atomic E-state index is 0.105. The van der Waals surface area contributed by atoms with Gasteiger partial charge in [0.2, 0.25) is 10.0 Å². The summed E-state index contributed by atoms with van der Waals surface area (Å²) in [5.74, 6) is -1.17. The highest BCUT2D eigenvalue weighted by atomic mass is 32.2. The third kappa shape index (κ3) is 3.46. The molecule has 0 saturated carbocycles. The molecule has 1 aromatic rings. The average Bonchev–Trinajstić information content (AvgIpc) is 2.93. The maximum absolute atomic E-state index is 13.0. The van der Waals surface area contributed by atoms with Crippen molar-refractivity contribution in [1.29, 1.82) is 0 Å². The SMILES string of the molecule is COCC1(C(=O)O)CCCN1S(=O)(=O)c1ccc(CN(C)C)cc1. The summed E-state index contributed by atoms with van der Waals surface area (Å²) in [4.78, 5) is 13.9. The van der Waals surface area contributed by atoms with E-state index in [1.807, 2.05) is 19.0 Å². The molecule has 2 rings (SSSR count). The molecule has 0 aromatic heterocycles. The fourth-order valence-corrected chi connectivity index (χ4v) is 4.91. The van der Waals surface area contributed by atoms with Crippen molar-refractivity contribution >= 4 is 16.0 Å². The van der Waals surface area contributed by atoms with Crippen LogP contribution in [0.4, 0.5) is 0 Å². The summed E-state index contributed by atoms with van der Waals surface area (Å²) >= 11 is 0. The van der Waals surface area contributed by atoms with Crippen molar-refractivity contribution in [2.24, 2.45) is 0 Å². The zero-order chi connectivity index (χ0) is 18.0. The molecule has 1 N–H and O–H groups in total. The lowest BCUT2D eigenvalue weighted by molar-refractivity contribution is -0.150. The van der Waals surface area contributed by atoms with Crippen LogP contribution in [0.5, 0.6) is 0 Å². The predicted molar refractivity (Wildman–Crippen MR) is 89.2 cm³/mol. The van der Waals surface area contributed by atoms with E-state index in [4.69, 9.17) is 4.74 Å².